The molecule has 2 atom stereocenters. The van der Waals surface area contributed by atoms with Crippen LogP contribution in [-0.4, -0.2) is 56.0 Å². The first-order valence-corrected chi connectivity index (χ1v) is 11.0. The van der Waals surface area contributed by atoms with E-state index in [1.807, 2.05) is 16.7 Å². The lowest BCUT2D eigenvalue weighted by molar-refractivity contribution is -0.132. The van der Waals surface area contributed by atoms with Gasteiger partial charge in [-0.05, 0) is 51.0 Å². The minimum atomic E-state index is -0.824. The van der Waals surface area contributed by atoms with E-state index in [4.69, 9.17) is 4.74 Å². The van der Waals surface area contributed by atoms with E-state index in [2.05, 4.69) is 15.3 Å². The number of hydrogen-bond donors (Lipinski definition) is 1. The molecule has 8 nitrogen and oxygen atoms in total. The summed E-state index contributed by atoms with van der Waals surface area (Å²) in [5, 5.41) is 2.72. The van der Waals surface area contributed by atoms with E-state index >= 15 is 0 Å². The van der Waals surface area contributed by atoms with Crippen LogP contribution in [0.5, 0.6) is 0 Å². The molecule has 9 heteroatoms. The van der Waals surface area contributed by atoms with Crippen LogP contribution in [0.4, 0.5) is 9.18 Å². The normalized spacial score (nSPS) is 17.2. The fourth-order valence-corrected chi connectivity index (χ4v) is 4.11. The number of amides is 2. The van der Waals surface area contributed by atoms with Crippen LogP contribution in [-0.2, 0) is 16.0 Å². The molecule has 0 unspecified atom stereocenters. The number of rotatable bonds is 5. The molecule has 1 fully saturated rings. The zero-order valence-corrected chi connectivity index (χ0v) is 19.0. The molecule has 4 rings (SSSR count). The Labute approximate surface area is 191 Å². The molecule has 2 aromatic heterocycles. The standard InChI is InChI=1S/C24H28FN5O3/c1-24(2,3)33-23(32)28-19(14-16-4-6-18(25)7-5-16)21(31)29-12-9-17(15-29)20-8-10-26-22-27-11-13-30(20)22/h4-8,10-11,13,17,19H,9,12,14-15H2,1-3H3,(H,28,32)/t17-,19-/m1/s1. The van der Waals surface area contributed by atoms with E-state index in [1.54, 1.807) is 50.2 Å². The highest BCUT2D eigenvalue weighted by Crippen LogP contribution is 2.28. The van der Waals surface area contributed by atoms with Gasteiger partial charge in [0.15, 0.2) is 0 Å². The third kappa shape index (κ3) is 5.47. The van der Waals surface area contributed by atoms with Gasteiger partial charge >= 0.3 is 6.09 Å². The summed E-state index contributed by atoms with van der Waals surface area (Å²) in [6, 6.07) is 7.04. The number of fused-ring (bicyclic) bond motifs is 1. The largest absolute Gasteiger partial charge is 0.444 e. The third-order valence-electron chi connectivity index (χ3n) is 5.60. The Hall–Kier alpha value is -3.49. The second-order valence-corrected chi connectivity index (χ2v) is 9.27. The minimum absolute atomic E-state index is 0.127. The lowest BCUT2D eigenvalue weighted by Gasteiger charge is -2.26. The van der Waals surface area contributed by atoms with E-state index in [0.717, 1.165) is 17.7 Å². The lowest BCUT2D eigenvalue weighted by atomic mass is 10.0. The van der Waals surface area contributed by atoms with E-state index in [1.165, 1.54) is 12.1 Å². The highest BCUT2D eigenvalue weighted by Gasteiger charge is 2.34. The van der Waals surface area contributed by atoms with Crippen LogP contribution in [0, 0.1) is 5.82 Å². The van der Waals surface area contributed by atoms with Gasteiger partial charge in [0.2, 0.25) is 11.7 Å². The minimum Gasteiger partial charge on any atom is -0.444 e. The molecule has 0 saturated carbocycles. The first kappa shape index (κ1) is 22.7. The second-order valence-electron chi connectivity index (χ2n) is 9.27. The van der Waals surface area contributed by atoms with Crippen LogP contribution in [0.15, 0.2) is 48.9 Å². The zero-order valence-electron chi connectivity index (χ0n) is 19.0. The smallest absolute Gasteiger partial charge is 0.408 e. The summed E-state index contributed by atoms with van der Waals surface area (Å²) in [5.41, 5.74) is 1.10. The van der Waals surface area contributed by atoms with Gasteiger partial charge in [0, 0.05) is 49.7 Å². The van der Waals surface area contributed by atoms with Gasteiger partial charge in [0.25, 0.3) is 0 Å². The van der Waals surface area contributed by atoms with Gasteiger partial charge in [0.05, 0.1) is 0 Å². The van der Waals surface area contributed by atoms with Crippen molar-refractivity contribution in [2.24, 2.45) is 0 Å². The predicted octanol–water partition coefficient (Wildman–Crippen LogP) is 3.32. The number of nitrogens with zero attached hydrogens (tertiary/aromatic N) is 4. The molecule has 1 aromatic carbocycles. The second kappa shape index (κ2) is 9.17. The molecule has 1 aliphatic heterocycles. The molecule has 1 aliphatic rings. The Morgan fingerprint density at radius 3 is 2.64 bits per heavy atom. The summed E-state index contributed by atoms with van der Waals surface area (Å²) >= 11 is 0. The van der Waals surface area contributed by atoms with E-state index < -0.39 is 17.7 Å². The van der Waals surface area contributed by atoms with Crippen LogP contribution in [0.25, 0.3) is 5.78 Å². The summed E-state index contributed by atoms with van der Waals surface area (Å²) < 4.78 is 20.6. The Morgan fingerprint density at radius 2 is 1.91 bits per heavy atom. The number of benzene rings is 1. The maximum Gasteiger partial charge on any atom is 0.408 e. The number of alkyl carbamates (subject to hydrolysis) is 1. The molecule has 33 heavy (non-hydrogen) atoms. The molecule has 3 aromatic rings. The summed E-state index contributed by atoms with van der Waals surface area (Å²) in [6.07, 6.45) is 5.66. The van der Waals surface area contributed by atoms with Crippen LogP contribution >= 0.6 is 0 Å². The molecular formula is C24H28FN5O3. The average molecular weight is 454 g/mol. The number of aromatic nitrogens is 3. The predicted molar refractivity (Wildman–Crippen MR) is 120 cm³/mol. The summed E-state index contributed by atoms with van der Waals surface area (Å²) in [5.74, 6) is 0.204. The van der Waals surface area contributed by atoms with Crippen LogP contribution in [0.2, 0.25) is 0 Å². The Morgan fingerprint density at radius 1 is 1.18 bits per heavy atom. The monoisotopic (exact) mass is 453 g/mol. The highest BCUT2D eigenvalue weighted by molar-refractivity contribution is 5.86. The van der Waals surface area contributed by atoms with Gasteiger partial charge in [-0.25, -0.2) is 19.2 Å². The van der Waals surface area contributed by atoms with Crippen molar-refractivity contribution in [3.63, 3.8) is 0 Å². The highest BCUT2D eigenvalue weighted by atomic mass is 19.1. The molecule has 3 heterocycles. The summed E-state index contributed by atoms with van der Waals surface area (Å²) in [4.78, 5) is 36.2. The topological polar surface area (TPSA) is 88.8 Å². The lowest BCUT2D eigenvalue weighted by Crippen LogP contribution is -2.50. The van der Waals surface area contributed by atoms with Gasteiger partial charge in [0.1, 0.15) is 17.5 Å². The molecule has 1 N–H and O–H groups in total. The molecule has 0 radical (unpaired) electrons. The van der Waals surface area contributed by atoms with Crippen LogP contribution in [0.1, 0.15) is 44.4 Å². The van der Waals surface area contributed by atoms with Crippen molar-refractivity contribution < 1.29 is 18.7 Å². The number of likely N-dealkylation sites (tertiary alicyclic amines) is 1. The van der Waals surface area contributed by atoms with E-state index in [0.29, 0.717) is 18.9 Å². The molecule has 1 saturated heterocycles. The number of imidazole rings is 1. The van der Waals surface area contributed by atoms with Gasteiger partial charge in [-0.1, -0.05) is 12.1 Å². The van der Waals surface area contributed by atoms with Crippen molar-refractivity contribution in [3.05, 3.63) is 66.0 Å². The van der Waals surface area contributed by atoms with Gasteiger partial charge in [-0.15, -0.1) is 0 Å². The van der Waals surface area contributed by atoms with Gasteiger partial charge in [-0.3, -0.25) is 9.20 Å². The molecule has 0 aliphatic carbocycles. The van der Waals surface area contributed by atoms with Crippen molar-refractivity contribution in [1.82, 2.24) is 24.6 Å². The fourth-order valence-electron chi connectivity index (χ4n) is 4.11. The number of carbonyl (C=O) groups is 2. The maximum absolute atomic E-state index is 13.5. The Bertz CT molecular complexity index is 1140. The third-order valence-corrected chi connectivity index (χ3v) is 5.60. The van der Waals surface area contributed by atoms with Gasteiger partial charge in [-0.2, -0.15) is 0 Å². The Balaban J connectivity index is 1.50. The molecule has 174 valence electrons. The Kier molecular flexibility index (Phi) is 6.31. The summed E-state index contributed by atoms with van der Waals surface area (Å²) in [6.45, 7) is 6.38. The van der Waals surface area contributed by atoms with Crippen molar-refractivity contribution in [3.8, 4) is 0 Å². The maximum atomic E-state index is 13.5. The SMILES string of the molecule is CC(C)(C)OC(=O)N[C@H](Cc1ccc(F)cc1)C(=O)N1CC[C@@H](c2ccnc3nccn23)C1. The fraction of sp³-hybridized carbons (Fsp3) is 0.417. The molecular weight excluding hydrogens is 425 g/mol. The summed E-state index contributed by atoms with van der Waals surface area (Å²) in [7, 11) is 0. The molecule has 0 spiro atoms. The van der Waals surface area contributed by atoms with Crippen LogP contribution < -0.4 is 5.32 Å². The number of ether oxygens (including phenoxy) is 1. The van der Waals surface area contributed by atoms with Crippen molar-refractivity contribution >= 4 is 17.8 Å². The molecule has 0 bridgehead atoms. The number of hydrogen-bond acceptors (Lipinski definition) is 5. The van der Waals surface area contributed by atoms with Crippen LogP contribution in [0.3, 0.4) is 0 Å². The quantitative estimate of drug-likeness (QED) is 0.640. The van der Waals surface area contributed by atoms with Gasteiger partial charge < -0.3 is 15.0 Å². The van der Waals surface area contributed by atoms with Crippen molar-refractivity contribution in [2.75, 3.05) is 13.1 Å². The van der Waals surface area contributed by atoms with E-state index in [-0.39, 0.29) is 24.1 Å². The first-order valence-electron chi connectivity index (χ1n) is 11.0. The number of carbonyl (C=O) groups excluding carboxylic acids is 2. The van der Waals surface area contributed by atoms with E-state index in [9.17, 15) is 14.0 Å². The van der Waals surface area contributed by atoms with Crippen molar-refractivity contribution in [2.45, 2.75) is 51.2 Å². The number of halogens is 1. The average Bonchev–Trinajstić information content (AvgIpc) is 3.42. The zero-order chi connectivity index (χ0) is 23.6. The first-order chi connectivity index (χ1) is 15.7. The molecule has 2 amide bonds. The van der Waals surface area contributed by atoms with Crippen molar-refractivity contribution in [1.29, 1.82) is 0 Å². The number of nitrogens with one attached hydrogen (secondary N) is 1.